The van der Waals surface area contributed by atoms with Crippen molar-refractivity contribution in [3.05, 3.63) is 106 Å². The van der Waals surface area contributed by atoms with Crippen molar-refractivity contribution in [1.82, 2.24) is 0 Å². The number of hydrogen-bond donors (Lipinski definition) is 1. The molecule has 5 atom stereocenters. The maximum atomic E-state index is 10.4. The summed E-state index contributed by atoms with van der Waals surface area (Å²) in [6, 6.07) is 0. The second-order valence-electron chi connectivity index (χ2n) is 15.1. The molecule has 0 spiro atoms. The molecule has 4 aliphatic rings. The Bertz CT molecular complexity index is 1340. The van der Waals surface area contributed by atoms with E-state index in [0.29, 0.717) is 6.42 Å². The fraction of sp³-hybridized carbons (Fsp3) is 0.550. The molecule has 43 heavy (non-hydrogen) atoms. The van der Waals surface area contributed by atoms with Crippen molar-refractivity contribution >= 4 is 0 Å². The first-order valence-corrected chi connectivity index (χ1v) is 16.3. The molecule has 234 valence electrons. The lowest BCUT2D eigenvalue weighted by molar-refractivity contribution is -0.0683. The fourth-order valence-corrected chi connectivity index (χ4v) is 7.74. The van der Waals surface area contributed by atoms with Gasteiger partial charge >= 0.3 is 0 Å². The van der Waals surface area contributed by atoms with Crippen molar-refractivity contribution in [2.24, 2.45) is 10.8 Å². The Balaban J connectivity index is 1.29. The summed E-state index contributed by atoms with van der Waals surface area (Å²) in [5.74, 6) is 0. The molecule has 0 aromatic heterocycles. The van der Waals surface area contributed by atoms with E-state index in [1.165, 1.54) is 46.3 Å². The van der Waals surface area contributed by atoms with Gasteiger partial charge < -0.3 is 14.6 Å². The van der Waals surface area contributed by atoms with E-state index in [1.54, 1.807) is 0 Å². The van der Waals surface area contributed by atoms with Gasteiger partial charge in [0.2, 0.25) is 0 Å². The summed E-state index contributed by atoms with van der Waals surface area (Å²) in [5, 5.41) is 10.4. The van der Waals surface area contributed by atoms with Crippen LogP contribution in [-0.4, -0.2) is 34.6 Å². The molecule has 3 nitrogen and oxygen atoms in total. The number of ether oxygens (including phenoxy) is 2. The van der Waals surface area contributed by atoms with Gasteiger partial charge in [-0.2, -0.15) is 0 Å². The van der Waals surface area contributed by atoms with E-state index >= 15 is 0 Å². The monoisotopic (exact) mass is 584 g/mol. The van der Waals surface area contributed by atoms with Gasteiger partial charge in [0, 0.05) is 6.42 Å². The standard InChI is InChI=1S/C40H56O3/c1-28(18-13-20-30(3)33-24-35-37(5,6)22-15-23-39(35,9)42-33)16-11-12-17-29(2)19-14-21-31(4)34-25-36-38(7,8)26-32(41)27-40(36,10)43-34/h11-14,16-21,24-25,32-34,41H,15,22-23,26-27H2,1-10H3/b12-11+,18-13+,19-14+,28-16+,29-17+,30-20+,31-21+. The molecule has 0 amide bonds. The number of rotatable bonds is 8. The highest BCUT2D eigenvalue weighted by molar-refractivity contribution is 5.38. The molecule has 5 unspecified atom stereocenters. The molecule has 2 aliphatic heterocycles. The minimum Gasteiger partial charge on any atom is -0.393 e. The molecule has 0 bridgehead atoms. The van der Waals surface area contributed by atoms with Crippen LogP contribution in [0.4, 0.5) is 0 Å². The van der Waals surface area contributed by atoms with Crippen LogP contribution < -0.4 is 0 Å². The molecule has 4 rings (SSSR count). The molecule has 0 aromatic rings. The van der Waals surface area contributed by atoms with Gasteiger partial charge in [-0.05, 0) is 113 Å². The maximum Gasteiger partial charge on any atom is 0.0982 e. The number of allylic oxidation sites excluding steroid dienone is 12. The van der Waals surface area contributed by atoms with Crippen molar-refractivity contribution in [3.63, 3.8) is 0 Å². The highest BCUT2D eigenvalue weighted by atomic mass is 16.5. The van der Waals surface area contributed by atoms with Gasteiger partial charge in [0.25, 0.3) is 0 Å². The molecular formula is C40H56O3. The number of aliphatic hydroxyl groups excluding tert-OH is 1. The van der Waals surface area contributed by atoms with Crippen LogP contribution in [-0.2, 0) is 9.47 Å². The summed E-state index contributed by atoms with van der Waals surface area (Å²) in [6.45, 7) is 22.1. The first-order chi connectivity index (χ1) is 20.0. The second kappa shape index (κ2) is 12.9. The minimum atomic E-state index is -0.377. The van der Waals surface area contributed by atoms with Gasteiger partial charge in [0.15, 0.2) is 0 Å². The van der Waals surface area contributed by atoms with Gasteiger partial charge in [0.05, 0.1) is 29.5 Å². The van der Waals surface area contributed by atoms with Crippen LogP contribution in [0.2, 0.25) is 0 Å². The van der Waals surface area contributed by atoms with Crippen molar-refractivity contribution < 1.29 is 14.6 Å². The molecule has 2 fully saturated rings. The Morgan fingerprint density at radius 3 is 1.65 bits per heavy atom. The minimum absolute atomic E-state index is 0.0411. The fourth-order valence-electron chi connectivity index (χ4n) is 7.74. The van der Waals surface area contributed by atoms with E-state index in [9.17, 15) is 5.11 Å². The van der Waals surface area contributed by atoms with E-state index in [-0.39, 0.29) is 40.3 Å². The molecule has 2 heterocycles. The normalized spacial score (nSPS) is 35.1. The number of hydrogen-bond acceptors (Lipinski definition) is 3. The predicted octanol–water partition coefficient (Wildman–Crippen LogP) is 10.00. The molecule has 0 saturated heterocycles. The van der Waals surface area contributed by atoms with Crippen molar-refractivity contribution in [2.75, 3.05) is 0 Å². The zero-order chi connectivity index (χ0) is 31.6. The first kappa shape index (κ1) is 33.4. The third-order valence-electron chi connectivity index (χ3n) is 10.00. The largest absolute Gasteiger partial charge is 0.393 e. The van der Waals surface area contributed by atoms with Gasteiger partial charge in [-0.1, -0.05) is 99.6 Å². The zero-order valence-electron chi connectivity index (χ0n) is 28.5. The summed E-state index contributed by atoms with van der Waals surface area (Å²) in [7, 11) is 0. The van der Waals surface area contributed by atoms with Gasteiger partial charge in [-0.3, -0.25) is 0 Å². The summed E-state index contributed by atoms with van der Waals surface area (Å²) in [4.78, 5) is 0. The van der Waals surface area contributed by atoms with E-state index in [4.69, 9.17) is 9.47 Å². The Kier molecular flexibility index (Phi) is 10.0. The van der Waals surface area contributed by atoms with Crippen molar-refractivity contribution in [1.29, 1.82) is 0 Å². The molecule has 3 heteroatoms. The highest BCUT2D eigenvalue weighted by Gasteiger charge is 2.50. The van der Waals surface area contributed by atoms with Crippen LogP contribution >= 0.6 is 0 Å². The Hall–Kier alpha value is -2.46. The predicted molar refractivity (Wildman–Crippen MR) is 182 cm³/mol. The topological polar surface area (TPSA) is 38.7 Å². The second-order valence-corrected chi connectivity index (χ2v) is 15.1. The van der Waals surface area contributed by atoms with E-state index < -0.39 is 0 Å². The summed E-state index contributed by atoms with van der Waals surface area (Å²) in [5.41, 5.74) is 7.31. The zero-order valence-corrected chi connectivity index (χ0v) is 28.5. The molecule has 0 aromatic carbocycles. The maximum absolute atomic E-state index is 10.4. The van der Waals surface area contributed by atoms with Crippen LogP contribution in [0.1, 0.15) is 101 Å². The molecule has 2 saturated carbocycles. The van der Waals surface area contributed by atoms with Crippen LogP contribution in [0.5, 0.6) is 0 Å². The molecule has 1 N–H and O–H groups in total. The van der Waals surface area contributed by atoms with Crippen molar-refractivity contribution in [2.45, 2.75) is 131 Å². The summed E-state index contributed by atoms with van der Waals surface area (Å²) >= 11 is 0. The SMILES string of the molecule is CC(/C=C/C=C(\C)C1C=C2C(C)(C)CCCC2(C)O1)=C\C=C\C=C(C)\C=C\C=C(/C)C1C=C2C(C)(C)CC(O)CC2(C)O1. The third kappa shape index (κ3) is 7.80. The van der Waals surface area contributed by atoms with Gasteiger partial charge in [-0.15, -0.1) is 0 Å². The lowest BCUT2D eigenvalue weighted by Gasteiger charge is -2.44. The van der Waals surface area contributed by atoms with E-state index in [1.807, 2.05) is 0 Å². The Labute approximate surface area is 262 Å². The van der Waals surface area contributed by atoms with Gasteiger partial charge in [-0.25, -0.2) is 0 Å². The number of fused-ring (bicyclic) bond motifs is 2. The quantitative estimate of drug-likeness (QED) is 0.228. The lowest BCUT2D eigenvalue weighted by atomic mass is 9.65. The van der Waals surface area contributed by atoms with Gasteiger partial charge in [0.1, 0.15) is 0 Å². The smallest absolute Gasteiger partial charge is 0.0982 e. The van der Waals surface area contributed by atoms with Crippen molar-refractivity contribution in [3.8, 4) is 0 Å². The Morgan fingerprint density at radius 2 is 1.14 bits per heavy atom. The first-order valence-electron chi connectivity index (χ1n) is 16.3. The summed E-state index contributed by atoms with van der Waals surface area (Å²) in [6.07, 6.45) is 30.7. The lowest BCUT2D eigenvalue weighted by Crippen LogP contribution is -2.45. The number of aliphatic hydroxyl groups is 1. The Morgan fingerprint density at radius 1 is 0.651 bits per heavy atom. The van der Waals surface area contributed by atoms with Crippen LogP contribution in [0, 0.1) is 10.8 Å². The average Bonchev–Trinajstić information content (AvgIpc) is 3.45. The average molecular weight is 585 g/mol. The van der Waals surface area contributed by atoms with Crippen LogP contribution in [0.25, 0.3) is 0 Å². The van der Waals surface area contributed by atoms with E-state index in [2.05, 4.69) is 142 Å². The van der Waals surface area contributed by atoms with Crippen LogP contribution in [0.3, 0.4) is 0 Å². The molecular weight excluding hydrogens is 528 g/mol. The van der Waals surface area contributed by atoms with E-state index in [0.717, 1.165) is 12.8 Å². The molecule has 2 aliphatic carbocycles. The third-order valence-corrected chi connectivity index (χ3v) is 10.00. The highest BCUT2D eigenvalue weighted by Crippen LogP contribution is 2.53. The molecule has 0 radical (unpaired) electrons. The summed E-state index contributed by atoms with van der Waals surface area (Å²) < 4.78 is 13.0. The van der Waals surface area contributed by atoms with Crippen LogP contribution in [0.15, 0.2) is 106 Å².